The fraction of sp³-hybridized carbons (Fsp3) is 0.556. The first-order valence-corrected chi connectivity index (χ1v) is 8.58. The van der Waals surface area contributed by atoms with Gasteiger partial charge in [-0.1, -0.05) is 37.8 Å². The summed E-state index contributed by atoms with van der Waals surface area (Å²) in [4.78, 5) is 24.4. The summed E-state index contributed by atoms with van der Waals surface area (Å²) in [5.74, 6) is 0.257. The van der Waals surface area contributed by atoms with Crippen LogP contribution in [0.1, 0.15) is 55.3 Å². The number of halogens is 1. The first kappa shape index (κ1) is 20.5. The van der Waals surface area contributed by atoms with Gasteiger partial charge in [-0.25, -0.2) is 0 Å². The summed E-state index contributed by atoms with van der Waals surface area (Å²) in [6, 6.07) is 7.09. The first-order chi connectivity index (χ1) is 11.2. The molecule has 0 aromatic heterocycles. The van der Waals surface area contributed by atoms with Gasteiger partial charge >= 0.3 is 0 Å². The Hall–Kier alpha value is -1.59. The van der Waals surface area contributed by atoms with E-state index >= 15 is 0 Å². The molecule has 1 aliphatic carbocycles. The van der Waals surface area contributed by atoms with Gasteiger partial charge in [0.25, 0.3) is 5.91 Å². The van der Waals surface area contributed by atoms with Crippen LogP contribution in [0.15, 0.2) is 24.3 Å². The largest absolute Gasteiger partial charge is 0.351 e. The van der Waals surface area contributed by atoms with Gasteiger partial charge in [0.15, 0.2) is 0 Å². The zero-order valence-corrected chi connectivity index (χ0v) is 14.9. The Morgan fingerprint density at radius 1 is 1.08 bits per heavy atom. The van der Waals surface area contributed by atoms with Crippen molar-refractivity contribution in [2.24, 2.45) is 11.7 Å². The smallest absolute Gasteiger partial charge is 0.253 e. The maximum Gasteiger partial charge on any atom is 0.253 e. The van der Waals surface area contributed by atoms with Crippen LogP contribution in [0.25, 0.3) is 0 Å². The van der Waals surface area contributed by atoms with E-state index in [4.69, 9.17) is 5.73 Å². The van der Waals surface area contributed by atoms with Crippen LogP contribution in [0.2, 0.25) is 0 Å². The van der Waals surface area contributed by atoms with Crippen molar-refractivity contribution in [3.05, 3.63) is 29.8 Å². The predicted molar refractivity (Wildman–Crippen MR) is 99.5 cm³/mol. The van der Waals surface area contributed by atoms with Crippen molar-refractivity contribution in [3.8, 4) is 0 Å². The molecule has 6 heteroatoms. The van der Waals surface area contributed by atoms with Gasteiger partial charge in [-0.3, -0.25) is 9.59 Å². The molecule has 1 saturated carbocycles. The molecule has 4 N–H and O–H groups in total. The number of carbonyl (C=O) groups excluding carboxylic acids is 2. The lowest BCUT2D eigenvalue weighted by molar-refractivity contribution is -0.117. The third-order valence-electron chi connectivity index (χ3n) is 4.32. The van der Waals surface area contributed by atoms with E-state index in [0.29, 0.717) is 36.7 Å². The van der Waals surface area contributed by atoms with Crippen molar-refractivity contribution in [3.63, 3.8) is 0 Å². The lowest BCUT2D eigenvalue weighted by Crippen LogP contribution is -2.30. The number of benzene rings is 1. The summed E-state index contributed by atoms with van der Waals surface area (Å²) in [5.41, 5.74) is 6.46. The van der Waals surface area contributed by atoms with Crippen molar-refractivity contribution in [2.75, 3.05) is 18.4 Å². The average molecular weight is 354 g/mol. The van der Waals surface area contributed by atoms with E-state index < -0.39 is 0 Å². The molecule has 1 fully saturated rings. The van der Waals surface area contributed by atoms with E-state index in [-0.39, 0.29) is 24.2 Å². The number of nitrogens with one attached hydrogen (secondary N) is 2. The summed E-state index contributed by atoms with van der Waals surface area (Å²) in [7, 11) is 0. The monoisotopic (exact) mass is 353 g/mol. The third-order valence-corrected chi connectivity index (χ3v) is 4.32. The Morgan fingerprint density at radius 3 is 2.42 bits per heavy atom. The zero-order valence-electron chi connectivity index (χ0n) is 14.1. The summed E-state index contributed by atoms with van der Waals surface area (Å²) in [5, 5.41) is 5.64. The molecule has 2 rings (SSSR count). The van der Waals surface area contributed by atoms with Crippen LogP contribution in [0, 0.1) is 5.92 Å². The molecule has 5 nitrogen and oxygen atoms in total. The molecule has 1 aliphatic rings. The van der Waals surface area contributed by atoms with Gasteiger partial charge in [-0.2, -0.15) is 0 Å². The molecule has 134 valence electrons. The minimum atomic E-state index is -0.208. The van der Waals surface area contributed by atoms with E-state index in [0.717, 1.165) is 12.8 Å². The molecule has 0 spiro atoms. The Balaban J connectivity index is 0.00000288. The van der Waals surface area contributed by atoms with Crippen LogP contribution in [-0.4, -0.2) is 24.9 Å². The number of rotatable bonds is 6. The average Bonchev–Trinajstić information content (AvgIpc) is 2.81. The van der Waals surface area contributed by atoms with Crippen LogP contribution < -0.4 is 16.4 Å². The molecular formula is C18H28ClN3O2. The second kappa shape index (κ2) is 11.0. The minimum absolute atomic E-state index is 0. The number of hydrogen-bond acceptors (Lipinski definition) is 3. The van der Waals surface area contributed by atoms with Crippen molar-refractivity contribution in [1.29, 1.82) is 0 Å². The van der Waals surface area contributed by atoms with Crippen molar-refractivity contribution < 1.29 is 9.59 Å². The first-order valence-electron chi connectivity index (χ1n) is 8.58. The highest BCUT2D eigenvalue weighted by Crippen LogP contribution is 2.26. The Morgan fingerprint density at radius 2 is 1.75 bits per heavy atom. The SMILES string of the molecule is Cl.NCCNC(=O)c1ccccc1NC(=O)CC1CCCCCC1. The topological polar surface area (TPSA) is 84.2 Å². The second-order valence-corrected chi connectivity index (χ2v) is 6.20. The summed E-state index contributed by atoms with van der Waals surface area (Å²) in [6.07, 6.45) is 7.80. The van der Waals surface area contributed by atoms with Gasteiger partial charge in [0.1, 0.15) is 0 Å². The van der Waals surface area contributed by atoms with Crippen LogP contribution in [0.3, 0.4) is 0 Å². The van der Waals surface area contributed by atoms with Crippen LogP contribution >= 0.6 is 12.4 Å². The van der Waals surface area contributed by atoms with E-state index in [1.54, 1.807) is 18.2 Å². The lowest BCUT2D eigenvalue weighted by Gasteiger charge is -2.15. The van der Waals surface area contributed by atoms with E-state index in [9.17, 15) is 9.59 Å². The number of amides is 2. The van der Waals surface area contributed by atoms with Crippen molar-refractivity contribution in [2.45, 2.75) is 44.9 Å². The van der Waals surface area contributed by atoms with Crippen LogP contribution in [-0.2, 0) is 4.79 Å². The van der Waals surface area contributed by atoms with Crippen molar-refractivity contribution in [1.82, 2.24) is 5.32 Å². The number of anilines is 1. The highest BCUT2D eigenvalue weighted by Gasteiger charge is 2.18. The maximum absolute atomic E-state index is 12.3. The molecular weight excluding hydrogens is 326 g/mol. The highest BCUT2D eigenvalue weighted by molar-refractivity contribution is 6.03. The molecule has 1 aromatic carbocycles. The predicted octanol–water partition coefficient (Wildman–Crippen LogP) is 3.10. The van der Waals surface area contributed by atoms with Crippen LogP contribution in [0.4, 0.5) is 5.69 Å². The number of hydrogen-bond donors (Lipinski definition) is 3. The normalized spacial score (nSPS) is 15.0. The van der Waals surface area contributed by atoms with Crippen molar-refractivity contribution >= 4 is 29.9 Å². The molecule has 0 radical (unpaired) electrons. The molecule has 2 amide bonds. The molecule has 0 unspecified atom stereocenters. The third kappa shape index (κ3) is 6.49. The van der Waals surface area contributed by atoms with Crippen LogP contribution in [0.5, 0.6) is 0 Å². The van der Waals surface area contributed by atoms with Gasteiger partial charge in [-0.05, 0) is 30.9 Å². The fourth-order valence-electron chi connectivity index (χ4n) is 3.10. The molecule has 0 saturated heterocycles. The van der Waals surface area contributed by atoms with Gasteiger partial charge < -0.3 is 16.4 Å². The quantitative estimate of drug-likeness (QED) is 0.687. The number of carbonyl (C=O) groups is 2. The standard InChI is InChI=1S/C18H27N3O2.ClH/c19-11-12-20-18(23)15-9-5-6-10-16(15)21-17(22)13-14-7-3-1-2-4-8-14;/h5-6,9-10,14H,1-4,7-8,11-13,19H2,(H,20,23)(H,21,22);1H. The molecule has 24 heavy (non-hydrogen) atoms. The Bertz CT molecular complexity index is 529. The molecule has 0 bridgehead atoms. The van der Waals surface area contributed by atoms with Gasteiger partial charge in [0.05, 0.1) is 11.3 Å². The van der Waals surface area contributed by atoms with E-state index in [1.807, 2.05) is 6.07 Å². The van der Waals surface area contributed by atoms with E-state index in [1.165, 1.54) is 25.7 Å². The van der Waals surface area contributed by atoms with E-state index in [2.05, 4.69) is 10.6 Å². The summed E-state index contributed by atoms with van der Waals surface area (Å²) in [6.45, 7) is 0.811. The summed E-state index contributed by atoms with van der Waals surface area (Å²) < 4.78 is 0. The number of nitrogens with two attached hydrogens (primary N) is 1. The lowest BCUT2D eigenvalue weighted by atomic mass is 9.96. The Labute approximate surface area is 150 Å². The summed E-state index contributed by atoms with van der Waals surface area (Å²) >= 11 is 0. The van der Waals surface area contributed by atoms with Gasteiger partial charge in [-0.15, -0.1) is 12.4 Å². The Kier molecular flexibility index (Phi) is 9.42. The molecule has 1 aromatic rings. The molecule has 0 aliphatic heterocycles. The molecule has 0 heterocycles. The minimum Gasteiger partial charge on any atom is -0.351 e. The fourth-order valence-corrected chi connectivity index (χ4v) is 3.10. The zero-order chi connectivity index (χ0) is 16.5. The highest BCUT2D eigenvalue weighted by atomic mass is 35.5. The maximum atomic E-state index is 12.3. The second-order valence-electron chi connectivity index (χ2n) is 6.20. The van der Waals surface area contributed by atoms with Gasteiger partial charge in [0.2, 0.25) is 5.91 Å². The number of para-hydroxylation sites is 1. The van der Waals surface area contributed by atoms with Gasteiger partial charge in [0, 0.05) is 19.5 Å². The molecule has 0 atom stereocenters.